The highest BCUT2D eigenvalue weighted by Crippen LogP contribution is 2.43. The Kier molecular flexibility index (Phi) is 5.15. The van der Waals surface area contributed by atoms with Gasteiger partial charge in [0.2, 0.25) is 5.91 Å². The molecule has 0 bridgehead atoms. The molecule has 4 heterocycles. The van der Waals surface area contributed by atoms with E-state index in [-0.39, 0.29) is 52.7 Å². The van der Waals surface area contributed by atoms with Crippen LogP contribution in [0.15, 0.2) is 36.5 Å². The van der Waals surface area contributed by atoms with E-state index in [9.17, 15) is 18.4 Å². The van der Waals surface area contributed by atoms with E-state index in [4.69, 9.17) is 10.5 Å². The molecule has 0 fully saturated rings. The van der Waals surface area contributed by atoms with Crippen LogP contribution in [0.4, 0.5) is 20.4 Å². The number of nitrogens with two attached hydrogens (primary N) is 1. The Bertz CT molecular complexity index is 1520. The molecule has 0 spiro atoms. The van der Waals surface area contributed by atoms with Crippen molar-refractivity contribution < 1.29 is 23.1 Å². The van der Waals surface area contributed by atoms with Gasteiger partial charge < -0.3 is 15.8 Å². The third kappa shape index (κ3) is 3.63. The Hall–Kier alpha value is -4.48. The van der Waals surface area contributed by atoms with Crippen LogP contribution in [0.3, 0.4) is 0 Å². The minimum Gasteiger partial charge on any atom is -0.469 e. The van der Waals surface area contributed by atoms with Crippen molar-refractivity contribution in [2.75, 3.05) is 18.2 Å². The minimum atomic E-state index is -1.33. The Balaban J connectivity index is 1.64. The summed E-state index contributed by atoms with van der Waals surface area (Å²) in [6.45, 7) is 1.57. The number of anilines is 2. The predicted molar refractivity (Wildman–Crippen MR) is 121 cm³/mol. The quantitative estimate of drug-likeness (QED) is 0.417. The second-order valence-corrected chi connectivity index (χ2v) is 8.32. The van der Waals surface area contributed by atoms with E-state index in [0.717, 1.165) is 6.20 Å². The van der Waals surface area contributed by atoms with Crippen molar-refractivity contribution in [2.45, 2.75) is 25.3 Å². The van der Waals surface area contributed by atoms with Gasteiger partial charge in [-0.15, -0.1) is 0 Å². The van der Waals surface area contributed by atoms with Gasteiger partial charge in [-0.1, -0.05) is 18.2 Å². The highest BCUT2D eigenvalue weighted by Gasteiger charge is 2.48. The molecule has 3 N–H and O–H groups in total. The number of hydrogen-bond donors (Lipinski definition) is 2. The second-order valence-electron chi connectivity index (χ2n) is 8.32. The predicted octanol–water partition coefficient (Wildman–Crippen LogP) is 2.57. The number of methoxy groups -OCH3 is 1. The molecule has 3 aromatic heterocycles. The van der Waals surface area contributed by atoms with Crippen LogP contribution >= 0.6 is 0 Å². The summed E-state index contributed by atoms with van der Waals surface area (Å²) < 4.78 is 34.5. The molecule has 1 amide bonds. The number of aromatic nitrogens is 5. The van der Waals surface area contributed by atoms with Crippen molar-refractivity contribution in [1.82, 2.24) is 24.7 Å². The number of ether oxygens (including phenoxy) is 1. The number of hydrogen-bond acceptors (Lipinski definition) is 8. The van der Waals surface area contributed by atoms with Gasteiger partial charge in [0.05, 0.1) is 42.6 Å². The summed E-state index contributed by atoms with van der Waals surface area (Å²) in [6.07, 6.45) is 0.770. The van der Waals surface area contributed by atoms with Gasteiger partial charge in [0, 0.05) is 5.56 Å². The van der Waals surface area contributed by atoms with Gasteiger partial charge in [-0.3, -0.25) is 9.59 Å². The Labute approximate surface area is 197 Å². The van der Waals surface area contributed by atoms with Crippen LogP contribution in [-0.2, 0) is 26.3 Å². The van der Waals surface area contributed by atoms with Gasteiger partial charge >= 0.3 is 5.97 Å². The highest BCUT2D eigenvalue weighted by molar-refractivity contribution is 6.08. The lowest BCUT2D eigenvalue weighted by Gasteiger charge is -2.21. The molecule has 35 heavy (non-hydrogen) atoms. The average Bonchev–Trinajstić information content (AvgIpc) is 3.29. The Morgan fingerprint density at radius 3 is 2.77 bits per heavy atom. The summed E-state index contributed by atoms with van der Waals surface area (Å²) in [5.41, 5.74) is 5.94. The molecule has 1 aliphatic heterocycles. The molecule has 0 saturated carbocycles. The van der Waals surface area contributed by atoms with Gasteiger partial charge in [-0.05, 0) is 19.1 Å². The zero-order valence-corrected chi connectivity index (χ0v) is 18.7. The van der Waals surface area contributed by atoms with Crippen molar-refractivity contribution in [3.05, 3.63) is 59.3 Å². The molecular weight excluding hydrogens is 460 g/mol. The van der Waals surface area contributed by atoms with E-state index in [1.807, 2.05) is 0 Å². The second kappa shape index (κ2) is 8.08. The molecule has 12 heteroatoms. The first kappa shape index (κ1) is 22.3. The fourth-order valence-electron chi connectivity index (χ4n) is 4.20. The van der Waals surface area contributed by atoms with E-state index in [1.54, 1.807) is 25.1 Å². The smallest absolute Gasteiger partial charge is 0.306 e. The van der Waals surface area contributed by atoms with Crippen LogP contribution in [0.2, 0.25) is 0 Å². The van der Waals surface area contributed by atoms with Crippen LogP contribution in [0, 0.1) is 11.6 Å². The minimum absolute atomic E-state index is 0.00792. The van der Waals surface area contributed by atoms with Crippen molar-refractivity contribution in [3.8, 4) is 11.5 Å². The zero-order valence-electron chi connectivity index (χ0n) is 18.7. The molecule has 1 aliphatic rings. The number of esters is 1. The number of fused-ring (bicyclic) bond motifs is 2. The van der Waals surface area contributed by atoms with Gasteiger partial charge in [0.1, 0.15) is 29.0 Å². The number of carbonyl (C=O) groups is 2. The molecule has 4 aromatic rings. The Morgan fingerprint density at radius 1 is 1.26 bits per heavy atom. The molecule has 0 radical (unpaired) electrons. The lowest BCUT2D eigenvalue weighted by Crippen LogP contribution is -2.34. The monoisotopic (exact) mass is 479 g/mol. The van der Waals surface area contributed by atoms with Gasteiger partial charge in [0.15, 0.2) is 11.5 Å². The summed E-state index contributed by atoms with van der Waals surface area (Å²) in [5.74, 6) is -2.05. The molecular formula is C23H19F2N7O3. The first-order valence-electron chi connectivity index (χ1n) is 10.5. The third-order valence-electron chi connectivity index (χ3n) is 5.99. The Morgan fingerprint density at radius 2 is 2.03 bits per heavy atom. The lowest BCUT2D eigenvalue weighted by atomic mass is 9.81. The van der Waals surface area contributed by atoms with Crippen LogP contribution in [0.1, 0.15) is 24.5 Å². The normalized spacial score (nSPS) is 16.9. The number of carbonyl (C=O) groups excluding carboxylic acids is 2. The van der Waals surface area contributed by atoms with Crippen molar-refractivity contribution in [3.63, 3.8) is 0 Å². The van der Waals surface area contributed by atoms with Crippen LogP contribution in [0.5, 0.6) is 0 Å². The number of rotatable bonds is 5. The number of nitrogens with one attached hydrogen (secondary N) is 1. The zero-order chi connectivity index (χ0) is 24.9. The maximum atomic E-state index is 14.3. The van der Waals surface area contributed by atoms with Gasteiger partial charge in [-0.2, -0.15) is 5.10 Å². The highest BCUT2D eigenvalue weighted by atomic mass is 19.1. The number of nitrogen functional groups attached to an aromatic ring is 1. The first-order valence-corrected chi connectivity index (χ1v) is 10.5. The molecule has 1 aromatic carbocycles. The summed E-state index contributed by atoms with van der Waals surface area (Å²) in [5, 5.41) is 7.38. The summed E-state index contributed by atoms with van der Waals surface area (Å²) in [7, 11) is 1.22. The standard InChI is InChI=1S/C23H19F2N7O3/c1-23(8-15(33)35-2)16-18(26)28-20(29-19(16)30-22(23)34)17-13-7-12(24)9-27-21(13)32(31-17)10-11-5-3-4-6-14(11)25/h3-7,9H,8,10H2,1-2H3,(H3,26,28,29,30,34). The maximum absolute atomic E-state index is 14.3. The number of halogens is 2. The van der Waals surface area contributed by atoms with Crippen molar-refractivity contribution in [2.24, 2.45) is 0 Å². The molecule has 1 unspecified atom stereocenters. The van der Waals surface area contributed by atoms with E-state index in [0.29, 0.717) is 5.56 Å². The number of benzene rings is 1. The maximum Gasteiger partial charge on any atom is 0.306 e. The first-order chi connectivity index (χ1) is 16.7. The SMILES string of the molecule is COC(=O)CC1(C)C(=O)Nc2nc(-c3nn(Cc4ccccc4F)c4ncc(F)cc34)nc(N)c21. The molecule has 178 valence electrons. The number of nitrogens with zero attached hydrogens (tertiary/aromatic N) is 5. The topological polar surface area (TPSA) is 138 Å². The van der Waals surface area contributed by atoms with E-state index < -0.39 is 28.9 Å². The molecule has 0 aliphatic carbocycles. The van der Waals surface area contributed by atoms with E-state index >= 15 is 0 Å². The largest absolute Gasteiger partial charge is 0.469 e. The van der Waals surface area contributed by atoms with E-state index in [1.165, 1.54) is 23.9 Å². The lowest BCUT2D eigenvalue weighted by molar-refractivity contribution is -0.143. The summed E-state index contributed by atoms with van der Waals surface area (Å²) in [4.78, 5) is 37.5. The van der Waals surface area contributed by atoms with Crippen molar-refractivity contribution >= 4 is 34.5 Å². The number of pyridine rings is 1. The fraction of sp³-hybridized carbons (Fsp3) is 0.217. The molecule has 10 nitrogen and oxygen atoms in total. The van der Waals surface area contributed by atoms with Crippen LogP contribution < -0.4 is 11.1 Å². The fourth-order valence-corrected chi connectivity index (χ4v) is 4.20. The summed E-state index contributed by atoms with van der Waals surface area (Å²) in [6, 6.07) is 7.41. The third-order valence-corrected chi connectivity index (χ3v) is 5.99. The van der Waals surface area contributed by atoms with Crippen LogP contribution in [-0.4, -0.2) is 43.7 Å². The van der Waals surface area contributed by atoms with Gasteiger partial charge in [0.25, 0.3) is 0 Å². The van der Waals surface area contributed by atoms with Gasteiger partial charge in [-0.25, -0.2) is 28.4 Å². The summed E-state index contributed by atoms with van der Waals surface area (Å²) >= 11 is 0. The van der Waals surface area contributed by atoms with Crippen LogP contribution in [0.25, 0.3) is 22.6 Å². The average molecular weight is 479 g/mol. The van der Waals surface area contributed by atoms with E-state index in [2.05, 4.69) is 25.4 Å². The number of amides is 1. The molecule has 5 rings (SSSR count). The molecule has 0 saturated heterocycles. The van der Waals surface area contributed by atoms with Crippen molar-refractivity contribution in [1.29, 1.82) is 0 Å². The molecule has 1 atom stereocenters.